The summed E-state index contributed by atoms with van der Waals surface area (Å²) < 4.78 is 6.89. The van der Waals surface area contributed by atoms with Crippen LogP contribution < -0.4 is 4.74 Å². The van der Waals surface area contributed by atoms with Crippen LogP contribution in [0.5, 0.6) is 5.75 Å². The fraction of sp³-hybridized carbons (Fsp3) is 0.357. The number of methoxy groups -OCH3 is 1. The van der Waals surface area contributed by atoms with Crippen molar-refractivity contribution in [2.45, 2.75) is 19.4 Å². The fourth-order valence-corrected chi connectivity index (χ4v) is 2.39. The van der Waals surface area contributed by atoms with E-state index in [1.165, 1.54) is 0 Å². The second-order valence-electron chi connectivity index (χ2n) is 4.84. The maximum atomic E-state index is 11.0. The van der Waals surface area contributed by atoms with Crippen LogP contribution in [0.4, 0.5) is 0 Å². The Hall–Kier alpha value is -2.37. The van der Waals surface area contributed by atoms with E-state index in [-0.39, 0.29) is 5.92 Å². The Bertz CT molecular complexity index is 651. The molecule has 1 aromatic carbocycles. The lowest BCUT2D eigenvalue weighted by atomic mass is 10.0. The Morgan fingerprint density at radius 3 is 3.10 bits per heavy atom. The maximum Gasteiger partial charge on any atom is 0.308 e. The van der Waals surface area contributed by atoms with Crippen LogP contribution in [0.3, 0.4) is 0 Å². The van der Waals surface area contributed by atoms with Gasteiger partial charge in [-0.1, -0.05) is 12.1 Å². The highest BCUT2D eigenvalue weighted by Crippen LogP contribution is 2.24. The average Bonchev–Trinajstić information content (AvgIpc) is 2.90. The van der Waals surface area contributed by atoms with E-state index in [0.717, 1.165) is 17.1 Å². The molecule has 2 heterocycles. The van der Waals surface area contributed by atoms with Crippen LogP contribution >= 0.6 is 0 Å². The van der Waals surface area contributed by atoms with Crippen molar-refractivity contribution < 1.29 is 14.6 Å². The van der Waals surface area contributed by atoms with Crippen LogP contribution in [0.1, 0.15) is 12.2 Å². The second-order valence-corrected chi connectivity index (χ2v) is 4.84. The van der Waals surface area contributed by atoms with Gasteiger partial charge in [-0.15, -0.1) is 0 Å². The summed E-state index contributed by atoms with van der Waals surface area (Å²) in [5, 5.41) is 13.5. The van der Waals surface area contributed by atoms with Crippen LogP contribution in [0.25, 0.3) is 11.4 Å². The molecule has 0 saturated heterocycles. The van der Waals surface area contributed by atoms with Crippen LogP contribution in [-0.4, -0.2) is 33.0 Å². The van der Waals surface area contributed by atoms with Crippen LogP contribution in [-0.2, 0) is 17.8 Å². The molecule has 1 aromatic heterocycles. The summed E-state index contributed by atoms with van der Waals surface area (Å²) in [7, 11) is 1.61. The van der Waals surface area contributed by atoms with Gasteiger partial charge in [0.15, 0.2) is 5.82 Å². The lowest BCUT2D eigenvalue weighted by Gasteiger charge is -2.18. The summed E-state index contributed by atoms with van der Waals surface area (Å²) >= 11 is 0. The molecule has 0 fully saturated rings. The number of hydrogen-bond acceptors (Lipinski definition) is 4. The van der Waals surface area contributed by atoms with Gasteiger partial charge in [-0.05, 0) is 18.6 Å². The summed E-state index contributed by atoms with van der Waals surface area (Å²) in [6.45, 7) is 0.391. The number of fused-ring (bicyclic) bond motifs is 1. The topological polar surface area (TPSA) is 77.2 Å². The van der Waals surface area contributed by atoms with Crippen molar-refractivity contribution in [1.29, 1.82) is 0 Å². The quantitative estimate of drug-likeness (QED) is 0.919. The van der Waals surface area contributed by atoms with Gasteiger partial charge in [-0.2, -0.15) is 5.10 Å². The molecule has 2 aromatic rings. The number of hydrogen-bond donors (Lipinski definition) is 1. The van der Waals surface area contributed by atoms with Gasteiger partial charge in [0.25, 0.3) is 0 Å². The predicted octanol–water partition coefficient (Wildman–Crippen LogP) is 1.60. The molecule has 3 rings (SSSR count). The largest absolute Gasteiger partial charge is 0.497 e. The van der Waals surface area contributed by atoms with E-state index in [2.05, 4.69) is 10.1 Å². The molecule has 1 unspecified atom stereocenters. The van der Waals surface area contributed by atoms with Crippen molar-refractivity contribution in [1.82, 2.24) is 14.8 Å². The summed E-state index contributed by atoms with van der Waals surface area (Å²) in [6.07, 6.45) is 1.26. The smallest absolute Gasteiger partial charge is 0.308 e. The van der Waals surface area contributed by atoms with Gasteiger partial charge in [0.1, 0.15) is 11.6 Å². The minimum atomic E-state index is -0.769. The third-order valence-electron chi connectivity index (χ3n) is 3.54. The number of nitrogens with zero attached hydrogens (tertiary/aromatic N) is 3. The van der Waals surface area contributed by atoms with Crippen molar-refractivity contribution in [3.8, 4) is 17.1 Å². The number of carbonyl (C=O) groups is 1. The number of carboxylic acids is 1. The molecule has 1 aliphatic rings. The minimum Gasteiger partial charge on any atom is -0.497 e. The van der Waals surface area contributed by atoms with E-state index < -0.39 is 5.97 Å². The summed E-state index contributed by atoms with van der Waals surface area (Å²) in [6, 6.07) is 7.53. The van der Waals surface area contributed by atoms with E-state index in [1.807, 2.05) is 24.3 Å². The Morgan fingerprint density at radius 1 is 1.50 bits per heavy atom. The Labute approximate surface area is 116 Å². The second kappa shape index (κ2) is 4.96. The molecule has 0 amide bonds. The molecule has 20 heavy (non-hydrogen) atoms. The Kier molecular flexibility index (Phi) is 3.14. The van der Waals surface area contributed by atoms with E-state index in [0.29, 0.717) is 25.2 Å². The third kappa shape index (κ3) is 2.24. The zero-order valence-electron chi connectivity index (χ0n) is 11.1. The van der Waals surface area contributed by atoms with Gasteiger partial charge in [-0.25, -0.2) is 9.67 Å². The maximum absolute atomic E-state index is 11.0. The Morgan fingerprint density at radius 2 is 2.35 bits per heavy atom. The van der Waals surface area contributed by atoms with E-state index >= 15 is 0 Å². The molecular formula is C14H15N3O3. The molecule has 0 spiro atoms. The molecule has 0 aliphatic carbocycles. The molecule has 0 saturated carbocycles. The standard InChI is InChI=1S/C14H15N3O3/c1-20-11-4-2-3-9(7-11)13-15-12-6-5-10(14(18)19)8-17(12)16-13/h2-4,7,10H,5-6,8H2,1H3,(H,18,19). The number of rotatable bonds is 3. The molecule has 104 valence electrons. The van der Waals surface area contributed by atoms with Crippen molar-refractivity contribution in [2.24, 2.45) is 5.92 Å². The van der Waals surface area contributed by atoms with Gasteiger partial charge < -0.3 is 9.84 Å². The highest BCUT2D eigenvalue weighted by atomic mass is 16.5. The number of aromatic nitrogens is 3. The van der Waals surface area contributed by atoms with E-state index in [4.69, 9.17) is 9.84 Å². The number of benzene rings is 1. The first-order valence-electron chi connectivity index (χ1n) is 6.48. The zero-order valence-corrected chi connectivity index (χ0v) is 11.1. The molecule has 1 N–H and O–H groups in total. The van der Waals surface area contributed by atoms with Gasteiger partial charge in [0, 0.05) is 12.0 Å². The van der Waals surface area contributed by atoms with Crippen molar-refractivity contribution in [2.75, 3.05) is 7.11 Å². The monoisotopic (exact) mass is 273 g/mol. The highest BCUT2D eigenvalue weighted by molar-refractivity contribution is 5.70. The van der Waals surface area contributed by atoms with E-state index in [9.17, 15) is 4.79 Å². The van der Waals surface area contributed by atoms with Gasteiger partial charge in [0.2, 0.25) is 0 Å². The molecule has 6 heteroatoms. The van der Waals surface area contributed by atoms with E-state index in [1.54, 1.807) is 11.8 Å². The first-order chi connectivity index (χ1) is 9.67. The van der Waals surface area contributed by atoms with Crippen molar-refractivity contribution in [3.05, 3.63) is 30.1 Å². The number of aliphatic carboxylic acids is 1. The van der Waals surface area contributed by atoms with Crippen molar-refractivity contribution >= 4 is 5.97 Å². The minimum absolute atomic E-state index is 0.373. The highest BCUT2D eigenvalue weighted by Gasteiger charge is 2.26. The zero-order chi connectivity index (χ0) is 14.1. The van der Waals surface area contributed by atoms with Gasteiger partial charge in [0.05, 0.1) is 19.6 Å². The molecule has 1 aliphatic heterocycles. The first kappa shape index (κ1) is 12.7. The third-order valence-corrected chi connectivity index (χ3v) is 3.54. The molecule has 6 nitrogen and oxygen atoms in total. The summed E-state index contributed by atoms with van der Waals surface area (Å²) in [4.78, 5) is 15.5. The fourth-order valence-electron chi connectivity index (χ4n) is 2.39. The van der Waals surface area contributed by atoms with Crippen LogP contribution in [0, 0.1) is 5.92 Å². The number of aryl methyl sites for hydroxylation is 1. The molecule has 1 atom stereocenters. The predicted molar refractivity (Wildman–Crippen MR) is 71.5 cm³/mol. The number of carboxylic acid groups (broad SMARTS) is 1. The molecular weight excluding hydrogens is 258 g/mol. The van der Waals surface area contributed by atoms with Crippen LogP contribution in [0.15, 0.2) is 24.3 Å². The summed E-state index contributed by atoms with van der Waals surface area (Å²) in [5.41, 5.74) is 0.873. The summed E-state index contributed by atoms with van der Waals surface area (Å²) in [5.74, 6) is 1.07. The Balaban J connectivity index is 1.92. The normalized spacial score (nSPS) is 17.6. The number of ether oxygens (including phenoxy) is 1. The SMILES string of the molecule is COc1cccc(-c2nc3n(n2)CC(C(=O)O)CC3)c1. The molecule has 0 radical (unpaired) electrons. The average molecular weight is 273 g/mol. The lowest BCUT2D eigenvalue weighted by molar-refractivity contribution is -0.142. The van der Waals surface area contributed by atoms with Crippen molar-refractivity contribution in [3.63, 3.8) is 0 Å². The molecule has 0 bridgehead atoms. The first-order valence-corrected chi connectivity index (χ1v) is 6.48. The van der Waals surface area contributed by atoms with Gasteiger partial charge in [-0.3, -0.25) is 4.79 Å². The van der Waals surface area contributed by atoms with Gasteiger partial charge >= 0.3 is 5.97 Å². The van der Waals surface area contributed by atoms with Crippen LogP contribution in [0.2, 0.25) is 0 Å². The lowest BCUT2D eigenvalue weighted by Crippen LogP contribution is -2.27.